The van der Waals surface area contributed by atoms with Crippen molar-refractivity contribution < 1.29 is 14.7 Å². The number of carbonyl (C=O) groups is 2. The maximum atomic E-state index is 13.9. The maximum absolute atomic E-state index is 13.9. The van der Waals surface area contributed by atoms with E-state index in [2.05, 4.69) is 25.5 Å². The Morgan fingerprint density at radius 3 is 2.50 bits per heavy atom. The zero-order chi connectivity index (χ0) is 34.9. The van der Waals surface area contributed by atoms with Gasteiger partial charge in [0.25, 0.3) is 11.5 Å². The number of aliphatic hydroxyl groups is 1. The van der Waals surface area contributed by atoms with Crippen molar-refractivity contribution >= 4 is 40.1 Å². The van der Waals surface area contributed by atoms with Crippen molar-refractivity contribution in [2.45, 2.75) is 57.1 Å². The molecule has 12 heteroatoms. The summed E-state index contributed by atoms with van der Waals surface area (Å²) in [6.45, 7) is 5.23. The van der Waals surface area contributed by atoms with Crippen LogP contribution in [0, 0.1) is 5.92 Å². The molecule has 3 N–H and O–H groups in total. The van der Waals surface area contributed by atoms with E-state index in [9.17, 15) is 19.5 Å². The van der Waals surface area contributed by atoms with Crippen LogP contribution in [-0.4, -0.2) is 92.7 Å². The van der Waals surface area contributed by atoms with Crippen LogP contribution in [-0.2, 0) is 17.8 Å². The SMILES string of the molecule is O=C(NCCC[C@@H](Cc1ccccc1)C(=O)N1CCC(O)(Cn2cnc(NCCN3CCCC3)cc2=O)CC1)c1ccc2c(Cl)ccnc2c1. The fraction of sp³-hybridized carbons (Fsp3) is 0.447. The molecule has 2 aromatic carbocycles. The van der Waals surface area contributed by atoms with Crippen LogP contribution in [0.4, 0.5) is 5.82 Å². The molecule has 11 nitrogen and oxygen atoms in total. The van der Waals surface area contributed by atoms with Crippen molar-refractivity contribution in [1.29, 1.82) is 0 Å². The molecule has 2 aromatic heterocycles. The van der Waals surface area contributed by atoms with Gasteiger partial charge in [-0.15, -0.1) is 0 Å². The van der Waals surface area contributed by atoms with E-state index >= 15 is 0 Å². The second-order valence-electron chi connectivity index (χ2n) is 13.6. The molecule has 1 atom stereocenters. The van der Waals surface area contributed by atoms with Gasteiger partial charge >= 0.3 is 0 Å². The zero-order valence-corrected chi connectivity index (χ0v) is 29.2. The van der Waals surface area contributed by atoms with E-state index in [1.54, 1.807) is 30.5 Å². The van der Waals surface area contributed by atoms with Gasteiger partial charge in [0.05, 0.1) is 29.0 Å². The molecule has 264 valence electrons. The van der Waals surface area contributed by atoms with Crippen LogP contribution in [0.1, 0.15) is 54.4 Å². The fourth-order valence-corrected chi connectivity index (χ4v) is 7.20. The highest BCUT2D eigenvalue weighted by atomic mass is 35.5. The van der Waals surface area contributed by atoms with Crippen molar-refractivity contribution in [1.82, 2.24) is 29.7 Å². The number of carbonyl (C=O) groups excluding carboxylic acids is 2. The minimum absolute atomic E-state index is 0.0444. The molecule has 2 aliphatic heterocycles. The standard InChI is InChI=1S/C38H46ClN7O4/c39-32-12-16-40-33-24-29(10-11-31(32)33)36(48)42-15-6-9-30(23-28-7-2-1-3-8-28)37(49)45-20-13-38(50,14-21-45)26-46-27-43-34(25-35(46)47)41-17-22-44-18-4-5-19-44/h1-3,7-8,10-12,16,24-25,27,30,41,50H,4-6,9,13-15,17-23,26H2,(H,42,48)/t30-/m0/s1. The van der Waals surface area contributed by atoms with Gasteiger partial charge in [-0.3, -0.25) is 23.9 Å². The molecule has 0 unspecified atom stereocenters. The Hall–Kier alpha value is -4.32. The lowest BCUT2D eigenvalue weighted by Crippen LogP contribution is -2.51. The van der Waals surface area contributed by atoms with Crippen molar-refractivity contribution in [3.8, 4) is 0 Å². The summed E-state index contributed by atoms with van der Waals surface area (Å²) >= 11 is 6.24. The van der Waals surface area contributed by atoms with E-state index in [-0.39, 0.29) is 29.8 Å². The molecule has 0 spiro atoms. The number of hydrogen-bond donors (Lipinski definition) is 3. The summed E-state index contributed by atoms with van der Waals surface area (Å²) in [6.07, 6.45) is 8.13. The first-order chi connectivity index (χ1) is 24.3. The second-order valence-corrected chi connectivity index (χ2v) is 14.0. The molecule has 0 saturated carbocycles. The molecule has 6 rings (SSSR count). The molecule has 0 aliphatic carbocycles. The summed E-state index contributed by atoms with van der Waals surface area (Å²) < 4.78 is 1.46. The molecule has 4 aromatic rings. The molecule has 2 saturated heterocycles. The summed E-state index contributed by atoms with van der Waals surface area (Å²) in [4.78, 5) is 52.7. The van der Waals surface area contributed by atoms with E-state index in [4.69, 9.17) is 11.6 Å². The highest BCUT2D eigenvalue weighted by Crippen LogP contribution is 2.27. The van der Waals surface area contributed by atoms with Crippen molar-refractivity contribution in [2.75, 3.05) is 51.1 Å². The number of amides is 2. The smallest absolute Gasteiger partial charge is 0.255 e. The quantitative estimate of drug-likeness (QED) is 0.165. The molecule has 50 heavy (non-hydrogen) atoms. The van der Waals surface area contributed by atoms with Gasteiger partial charge in [0.2, 0.25) is 5.91 Å². The summed E-state index contributed by atoms with van der Waals surface area (Å²) in [7, 11) is 0. The largest absolute Gasteiger partial charge is 0.388 e. The van der Waals surface area contributed by atoms with Crippen molar-refractivity contribution in [3.63, 3.8) is 0 Å². The average Bonchev–Trinajstić information content (AvgIpc) is 3.65. The first-order valence-electron chi connectivity index (χ1n) is 17.7. The van der Waals surface area contributed by atoms with Gasteiger partial charge in [-0.2, -0.15) is 0 Å². The Kier molecular flexibility index (Phi) is 11.8. The summed E-state index contributed by atoms with van der Waals surface area (Å²) in [5.41, 5.74) is 0.905. The van der Waals surface area contributed by atoms with Crippen LogP contribution in [0.5, 0.6) is 0 Å². The highest BCUT2D eigenvalue weighted by molar-refractivity contribution is 6.35. The fourth-order valence-electron chi connectivity index (χ4n) is 6.98. The molecule has 2 fully saturated rings. The molecular weight excluding hydrogens is 654 g/mol. The van der Waals surface area contributed by atoms with Gasteiger partial charge in [0.1, 0.15) is 5.82 Å². The predicted octanol–water partition coefficient (Wildman–Crippen LogP) is 4.38. The number of aromatic nitrogens is 3. The lowest BCUT2D eigenvalue weighted by molar-refractivity contribution is -0.140. The van der Waals surface area contributed by atoms with Gasteiger partial charge in [0.15, 0.2) is 0 Å². The number of hydrogen-bond acceptors (Lipinski definition) is 8. The number of pyridine rings is 1. The van der Waals surface area contributed by atoms with Gasteiger partial charge in [0, 0.05) is 61.9 Å². The van der Waals surface area contributed by atoms with Crippen molar-refractivity contribution in [3.05, 3.63) is 99.7 Å². The van der Waals surface area contributed by atoms with E-state index in [1.165, 1.54) is 29.8 Å². The molecule has 4 heterocycles. The Bertz CT molecular complexity index is 1820. The van der Waals surface area contributed by atoms with Gasteiger partial charge < -0.3 is 25.5 Å². The van der Waals surface area contributed by atoms with Gasteiger partial charge in [-0.25, -0.2) is 4.98 Å². The summed E-state index contributed by atoms with van der Waals surface area (Å²) in [6, 6.07) is 18.4. The molecule has 2 aliphatic rings. The van der Waals surface area contributed by atoms with Crippen LogP contribution in [0.2, 0.25) is 5.02 Å². The Morgan fingerprint density at radius 1 is 0.960 bits per heavy atom. The average molecular weight is 700 g/mol. The lowest BCUT2D eigenvalue weighted by Gasteiger charge is -2.39. The summed E-state index contributed by atoms with van der Waals surface area (Å²) in [5, 5.41) is 19.0. The number of rotatable bonds is 14. The van der Waals surface area contributed by atoms with Crippen LogP contribution in [0.25, 0.3) is 10.9 Å². The lowest BCUT2D eigenvalue weighted by atomic mass is 9.88. The minimum atomic E-state index is -1.12. The molecule has 0 radical (unpaired) electrons. The van der Waals surface area contributed by atoms with Gasteiger partial charge in [-0.05, 0) is 81.8 Å². The highest BCUT2D eigenvalue weighted by Gasteiger charge is 2.36. The number of halogens is 1. The first-order valence-corrected chi connectivity index (χ1v) is 18.0. The third kappa shape index (κ3) is 9.26. The second kappa shape index (κ2) is 16.6. The third-order valence-electron chi connectivity index (χ3n) is 9.92. The monoisotopic (exact) mass is 699 g/mol. The zero-order valence-electron chi connectivity index (χ0n) is 28.4. The van der Waals surface area contributed by atoms with Gasteiger partial charge in [-0.1, -0.05) is 48.0 Å². The van der Waals surface area contributed by atoms with Crippen LogP contribution < -0.4 is 16.2 Å². The summed E-state index contributed by atoms with van der Waals surface area (Å²) in [5.74, 6) is 0.110. The Balaban J connectivity index is 1.01. The van der Waals surface area contributed by atoms with E-state index in [0.717, 1.165) is 37.1 Å². The Labute approximate surface area is 297 Å². The number of piperidine rings is 1. The van der Waals surface area contributed by atoms with E-state index < -0.39 is 5.60 Å². The molecule has 2 amide bonds. The third-order valence-corrected chi connectivity index (χ3v) is 10.3. The normalized spacial score (nSPS) is 16.7. The van der Waals surface area contributed by atoms with E-state index in [0.29, 0.717) is 73.7 Å². The Morgan fingerprint density at radius 2 is 1.74 bits per heavy atom. The maximum Gasteiger partial charge on any atom is 0.255 e. The first kappa shape index (κ1) is 35.5. The minimum Gasteiger partial charge on any atom is -0.388 e. The topological polar surface area (TPSA) is 133 Å². The number of fused-ring (bicyclic) bond motifs is 1. The molecule has 0 bridgehead atoms. The predicted molar refractivity (Wildman–Crippen MR) is 195 cm³/mol. The van der Waals surface area contributed by atoms with Crippen LogP contribution in [0.3, 0.4) is 0 Å². The van der Waals surface area contributed by atoms with Crippen LogP contribution in [0.15, 0.2) is 78.0 Å². The number of anilines is 1. The number of benzene rings is 2. The van der Waals surface area contributed by atoms with E-state index in [1.807, 2.05) is 35.2 Å². The number of nitrogens with one attached hydrogen (secondary N) is 2. The number of likely N-dealkylation sites (tertiary alicyclic amines) is 2. The number of nitrogens with zero attached hydrogens (tertiary/aromatic N) is 5. The molecular formula is C38H46ClN7O4. The van der Waals surface area contributed by atoms with Crippen molar-refractivity contribution in [2.24, 2.45) is 5.92 Å². The van der Waals surface area contributed by atoms with Crippen LogP contribution >= 0.6 is 11.6 Å².